The molecule has 0 fully saturated rings. The minimum Gasteiger partial charge on any atom is -0.497 e. The highest BCUT2D eigenvalue weighted by molar-refractivity contribution is 7.99. The lowest BCUT2D eigenvalue weighted by molar-refractivity contribution is -0.115. The Morgan fingerprint density at radius 1 is 1.23 bits per heavy atom. The quantitative estimate of drug-likeness (QED) is 0.600. The number of benzene rings is 1. The summed E-state index contributed by atoms with van der Waals surface area (Å²) in [6.45, 7) is 1.93. The molecule has 7 heteroatoms. The number of pyridine rings is 1. The molecule has 1 amide bonds. The molecule has 26 heavy (non-hydrogen) atoms. The zero-order valence-electron chi connectivity index (χ0n) is 14.6. The molecule has 0 aliphatic rings. The minimum atomic E-state index is -0.0349. The maximum Gasteiger partial charge on any atom is 0.226 e. The Kier molecular flexibility index (Phi) is 6.25. The van der Waals surface area contributed by atoms with E-state index < -0.39 is 0 Å². The lowest BCUT2D eigenvalue weighted by Gasteiger charge is -2.04. The molecule has 5 nitrogen and oxygen atoms in total. The van der Waals surface area contributed by atoms with Crippen LogP contribution >= 0.6 is 23.1 Å². The minimum absolute atomic E-state index is 0.0349. The van der Waals surface area contributed by atoms with Gasteiger partial charge >= 0.3 is 0 Å². The predicted octanol–water partition coefficient (Wildman–Crippen LogP) is 4.64. The fraction of sp³-hybridized carbons (Fsp3) is 0.211. The van der Waals surface area contributed by atoms with Gasteiger partial charge in [0, 0.05) is 23.3 Å². The van der Waals surface area contributed by atoms with Gasteiger partial charge in [-0.3, -0.25) is 9.78 Å². The molecule has 0 saturated carbocycles. The van der Waals surface area contributed by atoms with Crippen LogP contribution < -0.4 is 10.1 Å². The van der Waals surface area contributed by atoms with Gasteiger partial charge in [0.2, 0.25) is 5.91 Å². The summed E-state index contributed by atoms with van der Waals surface area (Å²) in [6, 6.07) is 13.6. The Morgan fingerprint density at radius 2 is 2.04 bits per heavy atom. The van der Waals surface area contributed by atoms with Crippen molar-refractivity contribution in [2.24, 2.45) is 0 Å². The van der Waals surface area contributed by atoms with E-state index >= 15 is 0 Å². The maximum atomic E-state index is 12.2. The molecule has 0 unspecified atom stereocenters. The van der Waals surface area contributed by atoms with Crippen molar-refractivity contribution in [3.05, 3.63) is 54.4 Å². The number of amides is 1. The van der Waals surface area contributed by atoms with Crippen LogP contribution in [0.5, 0.6) is 5.75 Å². The van der Waals surface area contributed by atoms with Crippen LogP contribution in [0.2, 0.25) is 0 Å². The molecule has 0 spiro atoms. The first-order valence-corrected chi connectivity index (χ1v) is 9.91. The van der Waals surface area contributed by atoms with Crippen LogP contribution in [0.15, 0.2) is 53.6 Å². The van der Waals surface area contributed by atoms with Crippen molar-refractivity contribution in [2.75, 3.05) is 18.2 Å². The molecule has 0 aliphatic carbocycles. The van der Waals surface area contributed by atoms with Crippen molar-refractivity contribution in [2.45, 2.75) is 18.2 Å². The second-order valence-electron chi connectivity index (χ2n) is 5.47. The summed E-state index contributed by atoms with van der Waals surface area (Å²) < 4.78 is 5.14. The first-order chi connectivity index (χ1) is 12.7. The third kappa shape index (κ3) is 4.83. The number of hydrogen-bond acceptors (Lipinski definition) is 6. The van der Waals surface area contributed by atoms with Gasteiger partial charge in [-0.1, -0.05) is 17.4 Å². The Hall–Kier alpha value is -2.38. The van der Waals surface area contributed by atoms with Gasteiger partial charge in [0.1, 0.15) is 5.75 Å². The van der Waals surface area contributed by atoms with Crippen molar-refractivity contribution in [1.82, 2.24) is 9.97 Å². The number of carbonyl (C=O) groups is 1. The number of methoxy groups -OCH3 is 1. The van der Waals surface area contributed by atoms with Crippen molar-refractivity contribution < 1.29 is 9.53 Å². The van der Waals surface area contributed by atoms with E-state index in [2.05, 4.69) is 15.3 Å². The average molecular weight is 386 g/mol. The molecule has 2 aromatic heterocycles. The van der Waals surface area contributed by atoms with E-state index in [1.807, 2.05) is 49.4 Å². The molecular formula is C19H19N3O2S2. The Bertz CT molecular complexity index is 864. The SMILES string of the molecule is COc1ccc(SCCC(=O)Nc2nc(C)c(-c3ccccn3)s2)cc1. The third-order valence-corrected chi connectivity index (χ3v) is 5.71. The number of nitrogens with one attached hydrogen (secondary N) is 1. The number of rotatable bonds is 7. The standard InChI is InChI=1S/C19H19N3O2S2/c1-13-18(16-5-3-4-11-20-16)26-19(21-13)22-17(23)10-12-25-15-8-6-14(24-2)7-9-15/h3-9,11H,10,12H2,1-2H3,(H,21,22,23). The van der Waals surface area contributed by atoms with E-state index in [-0.39, 0.29) is 5.91 Å². The summed E-state index contributed by atoms with van der Waals surface area (Å²) in [4.78, 5) is 23.0. The Morgan fingerprint density at radius 3 is 2.73 bits per heavy atom. The zero-order valence-corrected chi connectivity index (χ0v) is 16.2. The number of nitrogens with zero attached hydrogens (tertiary/aromatic N) is 2. The number of thioether (sulfide) groups is 1. The first-order valence-electron chi connectivity index (χ1n) is 8.11. The van der Waals surface area contributed by atoms with Crippen molar-refractivity contribution in [3.8, 4) is 16.3 Å². The van der Waals surface area contributed by atoms with Crippen LogP contribution in [0.3, 0.4) is 0 Å². The van der Waals surface area contributed by atoms with Crippen LogP contribution in [0.25, 0.3) is 10.6 Å². The molecular weight excluding hydrogens is 366 g/mol. The van der Waals surface area contributed by atoms with E-state index in [1.54, 1.807) is 25.1 Å². The van der Waals surface area contributed by atoms with E-state index in [4.69, 9.17) is 4.74 Å². The summed E-state index contributed by atoms with van der Waals surface area (Å²) in [6.07, 6.45) is 2.18. The zero-order chi connectivity index (χ0) is 18.4. The van der Waals surface area contributed by atoms with E-state index in [0.29, 0.717) is 17.3 Å². The van der Waals surface area contributed by atoms with Crippen LogP contribution in [-0.4, -0.2) is 28.7 Å². The highest BCUT2D eigenvalue weighted by atomic mass is 32.2. The van der Waals surface area contributed by atoms with Gasteiger partial charge in [-0.2, -0.15) is 0 Å². The van der Waals surface area contributed by atoms with Gasteiger partial charge in [0.25, 0.3) is 0 Å². The van der Waals surface area contributed by atoms with Gasteiger partial charge in [-0.15, -0.1) is 11.8 Å². The van der Waals surface area contributed by atoms with Crippen LogP contribution in [0, 0.1) is 6.92 Å². The molecule has 0 saturated heterocycles. The van der Waals surface area contributed by atoms with E-state index in [1.165, 1.54) is 11.3 Å². The topological polar surface area (TPSA) is 64.1 Å². The third-order valence-electron chi connectivity index (χ3n) is 3.60. The molecule has 0 bridgehead atoms. The summed E-state index contributed by atoms with van der Waals surface area (Å²) in [5.41, 5.74) is 1.75. The number of aromatic nitrogens is 2. The number of anilines is 1. The fourth-order valence-corrected chi connectivity index (χ4v) is 4.11. The smallest absolute Gasteiger partial charge is 0.226 e. The molecule has 3 aromatic rings. The molecule has 0 atom stereocenters. The summed E-state index contributed by atoms with van der Waals surface area (Å²) in [5, 5.41) is 3.50. The van der Waals surface area contributed by atoms with E-state index in [0.717, 1.165) is 26.9 Å². The molecule has 0 aliphatic heterocycles. The van der Waals surface area contributed by atoms with Crippen molar-refractivity contribution in [1.29, 1.82) is 0 Å². The van der Waals surface area contributed by atoms with Gasteiger partial charge in [-0.05, 0) is 43.3 Å². The Labute approximate surface area is 160 Å². The van der Waals surface area contributed by atoms with E-state index in [9.17, 15) is 4.79 Å². The van der Waals surface area contributed by atoms with Crippen LogP contribution in [0.1, 0.15) is 12.1 Å². The predicted molar refractivity (Wildman–Crippen MR) is 107 cm³/mol. The average Bonchev–Trinajstić information content (AvgIpc) is 3.03. The fourth-order valence-electron chi connectivity index (χ4n) is 2.30. The molecule has 134 valence electrons. The monoisotopic (exact) mass is 385 g/mol. The normalized spacial score (nSPS) is 10.5. The van der Waals surface area contributed by atoms with Crippen LogP contribution in [-0.2, 0) is 4.79 Å². The number of ether oxygens (including phenoxy) is 1. The van der Waals surface area contributed by atoms with Crippen LogP contribution in [0.4, 0.5) is 5.13 Å². The molecule has 1 N–H and O–H groups in total. The lowest BCUT2D eigenvalue weighted by Crippen LogP contribution is -2.11. The van der Waals surface area contributed by atoms with Crippen molar-refractivity contribution >= 4 is 34.1 Å². The number of aryl methyl sites for hydroxylation is 1. The second kappa shape index (κ2) is 8.82. The molecule has 1 aromatic carbocycles. The largest absolute Gasteiger partial charge is 0.497 e. The highest BCUT2D eigenvalue weighted by Crippen LogP contribution is 2.31. The first kappa shape index (κ1) is 18.4. The van der Waals surface area contributed by atoms with Gasteiger partial charge in [0.05, 0.1) is 23.4 Å². The van der Waals surface area contributed by atoms with Crippen molar-refractivity contribution in [3.63, 3.8) is 0 Å². The summed E-state index contributed by atoms with van der Waals surface area (Å²) >= 11 is 3.09. The van der Waals surface area contributed by atoms with Gasteiger partial charge in [0.15, 0.2) is 5.13 Å². The highest BCUT2D eigenvalue weighted by Gasteiger charge is 2.12. The summed E-state index contributed by atoms with van der Waals surface area (Å²) in [5.74, 6) is 1.50. The number of thiazole rings is 1. The maximum absolute atomic E-state index is 12.2. The summed E-state index contributed by atoms with van der Waals surface area (Å²) in [7, 11) is 1.64. The Balaban J connectivity index is 1.52. The molecule has 0 radical (unpaired) electrons. The molecule has 3 rings (SSSR count). The molecule has 2 heterocycles. The van der Waals surface area contributed by atoms with Gasteiger partial charge in [-0.25, -0.2) is 4.98 Å². The number of hydrogen-bond donors (Lipinski definition) is 1. The second-order valence-corrected chi connectivity index (χ2v) is 7.64. The lowest BCUT2D eigenvalue weighted by atomic mass is 10.3. The number of carbonyl (C=O) groups excluding carboxylic acids is 1. The van der Waals surface area contributed by atoms with Gasteiger partial charge < -0.3 is 10.1 Å².